The molecule has 0 atom stereocenters. The van der Waals surface area contributed by atoms with Gasteiger partial charge in [-0.3, -0.25) is 24.8 Å². The van der Waals surface area contributed by atoms with Crippen LogP contribution in [0.5, 0.6) is 0 Å². The highest BCUT2D eigenvalue weighted by Gasteiger charge is 2.40. The van der Waals surface area contributed by atoms with Gasteiger partial charge in [0.15, 0.2) is 0 Å². The summed E-state index contributed by atoms with van der Waals surface area (Å²) in [5.74, 6) is 0.0433. The molecule has 13 nitrogen and oxygen atoms in total. The first-order valence-corrected chi connectivity index (χ1v) is 19.1. The number of nitrogens with two attached hydrogens (primary N) is 1. The van der Waals surface area contributed by atoms with Crippen molar-refractivity contribution in [2.24, 2.45) is 11.8 Å². The van der Waals surface area contributed by atoms with Crippen LogP contribution in [-0.4, -0.2) is 65.7 Å². The number of anilines is 1. The van der Waals surface area contributed by atoms with Gasteiger partial charge in [-0.15, -0.1) is 0 Å². The molecule has 2 aliphatic rings. The van der Waals surface area contributed by atoms with Crippen LogP contribution < -0.4 is 5.73 Å². The minimum Gasteiger partial charge on any atom is -0.466 e. The number of ether oxygens (including phenoxy) is 2. The van der Waals surface area contributed by atoms with Gasteiger partial charge < -0.3 is 25.4 Å². The molecule has 4 heterocycles. The number of nitrogens with one attached hydrogen (secondary N) is 2. The van der Waals surface area contributed by atoms with E-state index in [1.807, 2.05) is 71.9 Å². The molecular formula is C39H54BrN7O6. The molecule has 2 saturated carbocycles. The zero-order valence-corrected chi connectivity index (χ0v) is 33.3. The summed E-state index contributed by atoms with van der Waals surface area (Å²) in [7, 11) is 0. The molecule has 0 bridgehead atoms. The van der Waals surface area contributed by atoms with Crippen molar-refractivity contribution in [1.82, 2.24) is 30.4 Å². The fourth-order valence-electron chi connectivity index (χ4n) is 6.82. The molecule has 14 heteroatoms. The summed E-state index contributed by atoms with van der Waals surface area (Å²) in [5, 5.41) is 35.5. The number of hydrogen-bond donors (Lipinski definition) is 5. The number of rotatable bonds is 8. The van der Waals surface area contributed by atoms with E-state index in [4.69, 9.17) is 20.2 Å². The highest BCUT2D eigenvalue weighted by Crippen LogP contribution is 2.41. The molecule has 0 saturated heterocycles. The fourth-order valence-corrected chi connectivity index (χ4v) is 7.37. The Kier molecular flexibility index (Phi) is 14.7. The van der Waals surface area contributed by atoms with Crippen molar-refractivity contribution in [1.29, 1.82) is 0 Å². The third kappa shape index (κ3) is 11.9. The Labute approximate surface area is 320 Å². The molecule has 0 aromatic carbocycles. The van der Waals surface area contributed by atoms with E-state index >= 15 is 0 Å². The molecule has 4 aromatic rings. The molecule has 0 amide bonds. The standard InChI is InChI=1S/C20H27N3O3.C15H20BrNO3.C4H7N3/c1-4-26-19(24)15-5-7-20(25,8-6-15)18-10-13(2)9-16(21-18)12-17-11-14(3)22-23-17;1-3-20-14(18)11-4-6-15(19,7-5-11)12-8-10(2)9-13(16)17-12;1-3-2-4(5)7-6-3/h9-11,15,25H,4-8,12H2,1-3H3,(H,22,23);8-9,11,19H,3-7H2,1-2H3;2H,1H3,(H3,5,6,7). The number of aryl methyl sites for hydroxylation is 4. The van der Waals surface area contributed by atoms with Gasteiger partial charge in [0.2, 0.25) is 0 Å². The zero-order chi connectivity index (χ0) is 38.8. The third-order valence-electron chi connectivity index (χ3n) is 9.63. The van der Waals surface area contributed by atoms with Crippen molar-refractivity contribution in [3.8, 4) is 0 Å². The van der Waals surface area contributed by atoms with Crippen LogP contribution in [0.25, 0.3) is 0 Å². The largest absolute Gasteiger partial charge is 0.466 e. The van der Waals surface area contributed by atoms with Crippen LogP contribution in [0.1, 0.15) is 111 Å². The van der Waals surface area contributed by atoms with E-state index in [1.165, 1.54) is 0 Å². The van der Waals surface area contributed by atoms with Gasteiger partial charge in [0.1, 0.15) is 21.6 Å². The molecule has 53 heavy (non-hydrogen) atoms. The minimum absolute atomic E-state index is 0.0940. The number of nitrogen functional groups attached to an aromatic ring is 1. The van der Waals surface area contributed by atoms with E-state index in [2.05, 4.69) is 41.3 Å². The predicted molar refractivity (Wildman–Crippen MR) is 204 cm³/mol. The minimum atomic E-state index is -0.981. The lowest BCUT2D eigenvalue weighted by atomic mass is 9.76. The molecule has 2 aliphatic carbocycles. The van der Waals surface area contributed by atoms with E-state index in [0.29, 0.717) is 88.2 Å². The number of esters is 2. The molecule has 0 radical (unpaired) electrons. The fraction of sp³-hybridized carbons (Fsp3) is 0.538. The molecule has 2 fully saturated rings. The normalized spacial score (nSPS) is 22.4. The van der Waals surface area contributed by atoms with Crippen LogP contribution in [0.3, 0.4) is 0 Å². The van der Waals surface area contributed by atoms with Crippen LogP contribution in [0.4, 0.5) is 5.82 Å². The summed E-state index contributed by atoms with van der Waals surface area (Å²) < 4.78 is 10.9. The Hall–Kier alpha value is -4.14. The molecule has 0 spiro atoms. The van der Waals surface area contributed by atoms with Crippen molar-refractivity contribution >= 4 is 33.7 Å². The van der Waals surface area contributed by atoms with Gasteiger partial charge in [-0.05, 0) is 150 Å². The number of carbonyl (C=O) groups excluding carboxylic acids is 2. The molecule has 288 valence electrons. The number of aliphatic hydroxyl groups is 2. The lowest BCUT2D eigenvalue weighted by Crippen LogP contribution is -2.35. The summed E-state index contributed by atoms with van der Waals surface area (Å²) in [4.78, 5) is 32.8. The van der Waals surface area contributed by atoms with Crippen molar-refractivity contribution in [3.63, 3.8) is 0 Å². The number of aromatic amines is 2. The second kappa shape index (κ2) is 18.8. The Balaban J connectivity index is 0.000000204. The second-order valence-corrected chi connectivity index (χ2v) is 15.0. The van der Waals surface area contributed by atoms with E-state index in [-0.39, 0.29) is 23.8 Å². The van der Waals surface area contributed by atoms with Crippen LogP contribution in [0.15, 0.2) is 41.0 Å². The average Bonchev–Trinajstić information content (AvgIpc) is 3.70. The molecule has 4 aromatic heterocycles. The maximum Gasteiger partial charge on any atom is 0.308 e. The maximum atomic E-state index is 11.9. The number of pyridine rings is 2. The topological polar surface area (TPSA) is 202 Å². The summed E-state index contributed by atoms with van der Waals surface area (Å²) >= 11 is 3.36. The lowest BCUT2D eigenvalue weighted by Gasteiger charge is -2.35. The first kappa shape index (κ1) is 41.6. The third-order valence-corrected chi connectivity index (χ3v) is 10.0. The second-order valence-electron chi connectivity index (χ2n) is 14.2. The average molecular weight is 797 g/mol. The highest BCUT2D eigenvalue weighted by molar-refractivity contribution is 9.10. The van der Waals surface area contributed by atoms with Gasteiger partial charge in [0.05, 0.1) is 42.1 Å². The number of carbonyl (C=O) groups is 2. The monoisotopic (exact) mass is 795 g/mol. The Morgan fingerprint density at radius 2 is 1.21 bits per heavy atom. The van der Waals surface area contributed by atoms with Crippen molar-refractivity contribution in [3.05, 3.63) is 86.3 Å². The molecule has 6 N–H and O–H groups in total. The van der Waals surface area contributed by atoms with Gasteiger partial charge in [-0.25, -0.2) is 4.98 Å². The number of halogens is 1. The first-order chi connectivity index (χ1) is 25.1. The molecular weight excluding hydrogens is 742 g/mol. The van der Waals surface area contributed by atoms with E-state index in [0.717, 1.165) is 38.5 Å². The Morgan fingerprint density at radius 3 is 1.60 bits per heavy atom. The van der Waals surface area contributed by atoms with Gasteiger partial charge in [0, 0.05) is 29.6 Å². The maximum absolute atomic E-state index is 11.9. The van der Waals surface area contributed by atoms with Crippen LogP contribution in [0.2, 0.25) is 0 Å². The summed E-state index contributed by atoms with van der Waals surface area (Å²) in [5.41, 5.74) is 10.7. The number of aromatic nitrogens is 6. The summed E-state index contributed by atoms with van der Waals surface area (Å²) in [6.07, 6.45) is 5.28. The molecule has 0 unspecified atom stereocenters. The highest BCUT2D eigenvalue weighted by atomic mass is 79.9. The zero-order valence-electron chi connectivity index (χ0n) is 31.7. The van der Waals surface area contributed by atoms with Crippen LogP contribution >= 0.6 is 15.9 Å². The van der Waals surface area contributed by atoms with Crippen molar-refractivity contribution in [2.45, 2.75) is 111 Å². The molecule has 6 rings (SSSR count). The summed E-state index contributed by atoms with van der Waals surface area (Å²) in [6, 6.07) is 11.6. The quantitative estimate of drug-likeness (QED) is 0.0983. The van der Waals surface area contributed by atoms with E-state index < -0.39 is 11.2 Å². The number of H-pyrrole nitrogens is 2. The Morgan fingerprint density at radius 1 is 0.736 bits per heavy atom. The SMILES string of the molecule is CCOC(=O)C1CCC(O)(c2cc(C)cc(Br)n2)CC1.CCOC(=O)C1CCC(O)(c2cc(C)cc(Cc3cc(C)[nH]n3)n2)CC1.Cc1cc(N)n[nH]1. The van der Waals surface area contributed by atoms with E-state index in [9.17, 15) is 19.8 Å². The molecule has 0 aliphatic heterocycles. The van der Waals surface area contributed by atoms with Crippen LogP contribution in [-0.2, 0) is 36.7 Å². The van der Waals surface area contributed by atoms with Crippen molar-refractivity contribution in [2.75, 3.05) is 18.9 Å². The van der Waals surface area contributed by atoms with Gasteiger partial charge in [0.25, 0.3) is 0 Å². The smallest absolute Gasteiger partial charge is 0.308 e. The van der Waals surface area contributed by atoms with Crippen LogP contribution in [0, 0.1) is 39.5 Å². The first-order valence-electron chi connectivity index (χ1n) is 18.3. The van der Waals surface area contributed by atoms with Gasteiger partial charge in [-0.2, -0.15) is 10.2 Å². The number of hydrogen-bond acceptors (Lipinski definition) is 11. The predicted octanol–water partition coefficient (Wildman–Crippen LogP) is 6.35. The van der Waals surface area contributed by atoms with Gasteiger partial charge >= 0.3 is 11.9 Å². The number of nitrogens with zero attached hydrogens (tertiary/aromatic N) is 4. The summed E-state index contributed by atoms with van der Waals surface area (Å²) in [6.45, 7) is 12.3. The van der Waals surface area contributed by atoms with Crippen molar-refractivity contribution < 1.29 is 29.3 Å². The van der Waals surface area contributed by atoms with E-state index in [1.54, 1.807) is 6.07 Å². The Bertz CT molecular complexity index is 1770. The van der Waals surface area contributed by atoms with Gasteiger partial charge in [-0.1, -0.05) is 0 Å². The lowest BCUT2D eigenvalue weighted by molar-refractivity contribution is -0.152.